The van der Waals surface area contributed by atoms with E-state index >= 15 is 0 Å². The zero-order valence-corrected chi connectivity index (χ0v) is 15.4. The Morgan fingerprint density at radius 3 is 1.96 bits per heavy atom. The van der Waals surface area contributed by atoms with E-state index in [0.717, 1.165) is 26.2 Å². The molecular weight excluding hydrogens is 300 g/mol. The Balaban J connectivity index is 1.34. The predicted molar refractivity (Wildman–Crippen MR) is 99.9 cm³/mol. The quantitative estimate of drug-likeness (QED) is 0.439. The van der Waals surface area contributed by atoms with Crippen molar-refractivity contribution >= 4 is 9.52 Å². The second-order valence-electron chi connectivity index (χ2n) is 5.76. The smallest absolute Gasteiger partial charge is 0.0700 e. The van der Waals surface area contributed by atoms with Gasteiger partial charge in [-0.2, -0.15) is 0 Å². The number of rotatable bonds is 12. The van der Waals surface area contributed by atoms with Crippen LogP contribution < -0.4 is 0 Å². The Bertz CT molecular complexity index is 454. The molecule has 0 bridgehead atoms. The molecule has 0 spiro atoms. The lowest BCUT2D eigenvalue weighted by Crippen LogP contribution is -2.08. The fourth-order valence-electron chi connectivity index (χ4n) is 2.51. The SMILES string of the molecule is c1ccc(CCOCCOCCC[SiH2]Cc2ccccc2)cc1. The standard InChI is InChI=1S/C20H28O2Si/c1-3-8-19(9-4-1)12-14-22-16-15-21-13-7-17-23-18-20-10-5-2-6-11-20/h1-6,8-11H,7,12-18,23H2. The molecule has 0 fully saturated rings. The van der Waals surface area contributed by atoms with Crippen molar-refractivity contribution in [2.24, 2.45) is 0 Å². The van der Waals surface area contributed by atoms with E-state index in [1.165, 1.54) is 29.6 Å². The summed E-state index contributed by atoms with van der Waals surface area (Å²) in [6.45, 7) is 3.07. The molecule has 0 aliphatic heterocycles. The van der Waals surface area contributed by atoms with Crippen molar-refractivity contribution in [3.05, 3.63) is 71.8 Å². The van der Waals surface area contributed by atoms with E-state index in [0.29, 0.717) is 6.61 Å². The molecule has 124 valence electrons. The molecular formula is C20H28O2Si. The first-order valence-electron chi connectivity index (χ1n) is 8.68. The molecule has 3 heteroatoms. The van der Waals surface area contributed by atoms with Gasteiger partial charge in [0.25, 0.3) is 0 Å². The second-order valence-corrected chi connectivity index (χ2v) is 7.67. The minimum absolute atomic E-state index is 0.0244. The molecule has 23 heavy (non-hydrogen) atoms. The fourth-order valence-corrected chi connectivity index (χ4v) is 4.06. The molecule has 0 saturated heterocycles. The molecule has 2 rings (SSSR count). The van der Waals surface area contributed by atoms with E-state index in [2.05, 4.69) is 54.6 Å². The van der Waals surface area contributed by atoms with Gasteiger partial charge in [0, 0.05) is 16.1 Å². The normalized spacial score (nSPS) is 11.3. The van der Waals surface area contributed by atoms with Gasteiger partial charge in [0.15, 0.2) is 0 Å². The van der Waals surface area contributed by atoms with Crippen molar-refractivity contribution in [1.29, 1.82) is 0 Å². The minimum atomic E-state index is 0.0244. The van der Waals surface area contributed by atoms with Gasteiger partial charge in [0.1, 0.15) is 0 Å². The highest BCUT2D eigenvalue weighted by molar-refractivity contribution is 6.34. The Morgan fingerprint density at radius 2 is 1.26 bits per heavy atom. The largest absolute Gasteiger partial charge is 0.379 e. The lowest BCUT2D eigenvalue weighted by molar-refractivity contribution is 0.0492. The van der Waals surface area contributed by atoms with Crippen LogP contribution in [-0.4, -0.2) is 35.9 Å². The molecule has 2 aromatic carbocycles. The van der Waals surface area contributed by atoms with Crippen LogP contribution in [0.4, 0.5) is 0 Å². The molecule has 0 unspecified atom stereocenters. The van der Waals surface area contributed by atoms with Crippen molar-refractivity contribution in [1.82, 2.24) is 0 Å². The fraction of sp³-hybridized carbons (Fsp3) is 0.400. The van der Waals surface area contributed by atoms with Crippen LogP contribution in [0.5, 0.6) is 0 Å². The first-order chi connectivity index (χ1) is 11.4. The molecule has 0 aromatic heterocycles. The number of hydrogen-bond acceptors (Lipinski definition) is 2. The Labute approximate surface area is 142 Å². The monoisotopic (exact) mass is 328 g/mol. The van der Waals surface area contributed by atoms with E-state index in [1.54, 1.807) is 0 Å². The lowest BCUT2D eigenvalue weighted by Gasteiger charge is -2.06. The summed E-state index contributed by atoms with van der Waals surface area (Å²) in [5.74, 6) is 0. The Morgan fingerprint density at radius 1 is 0.652 bits per heavy atom. The van der Waals surface area contributed by atoms with E-state index in [9.17, 15) is 0 Å². The van der Waals surface area contributed by atoms with Gasteiger partial charge in [0.05, 0.1) is 19.8 Å². The number of benzene rings is 2. The summed E-state index contributed by atoms with van der Waals surface area (Å²) in [5, 5.41) is 0. The first kappa shape index (κ1) is 17.9. The molecule has 0 aliphatic carbocycles. The first-order valence-corrected chi connectivity index (χ1v) is 10.7. The highest BCUT2D eigenvalue weighted by atomic mass is 28.2. The molecule has 0 aliphatic rings. The van der Waals surface area contributed by atoms with Gasteiger partial charge in [0.2, 0.25) is 0 Å². The molecule has 2 nitrogen and oxygen atoms in total. The van der Waals surface area contributed by atoms with Gasteiger partial charge in [-0.1, -0.05) is 72.3 Å². The third-order valence-electron chi connectivity index (χ3n) is 3.85. The summed E-state index contributed by atoms with van der Waals surface area (Å²) in [7, 11) is 0.0244. The summed E-state index contributed by atoms with van der Waals surface area (Å²) in [5.41, 5.74) is 2.82. The molecule has 0 radical (unpaired) electrons. The zero-order valence-electron chi connectivity index (χ0n) is 14.0. The van der Waals surface area contributed by atoms with Gasteiger partial charge in [-0.05, 0) is 24.4 Å². The lowest BCUT2D eigenvalue weighted by atomic mass is 10.2. The number of ether oxygens (including phenoxy) is 2. The zero-order chi connectivity index (χ0) is 16.0. The van der Waals surface area contributed by atoms with E-state index in [1.807, 2.05) is 6.07 Å². The van der Waals surface area contributed by atoms with E-state index < -0.39 is 0 Å². The third kappa shape index (κ3) is 8.70. The summed E-state index contributed by atoms with van der Waals surface area (Å²) in [6.07, 6.45) is 2.18. The molecule has 0 atom stereocenters. The van der Waals surface area contributed by atoms with Crippen LogP contribution in [0.3, 0.4) is 0 Å². The van der Waals surface area contributed by atoms with Gasteiger partial charge in [-0.25, -0.2) is 0 Å². The molecule has 2 aromatic rings. The van der Waals surface area contributed by atoms with Gasteiger partial charge >= 0.3 is 0 Å². The van der Waals surface area contributed by atoms with Crippen molar-refractivity contribution in [3.8, 4) is 0 Å². The molecule has 0 N–H and O–H groups in total. The highest BCUT2D eigenvalue weighted by Gasteiger charge is 1.95. The van der Waals surface area contributed by atoms with Crippen LogP contribution in [0, 0.1) is 0 Å². The highest BCUT2D eigenvalue weighted by Crippen LogP contribution is 2.01. The van der Waals surface area contributed by atoms with Gasteiger partial charge in [-0.3, -0.25) is 0 Å². The second kappa shape index (κ2) is 12.1. The van der Waals surface area contributed by atoms with Crippen molar-refractivity contribution in [2.75, 3.05) is 26.4 Å². The van der Waals surface area contributed by atoms with Gasteiger partial charge in [-0.15, -0.1) is 0 Å². The molecule has 0 amide bonds. The maximum atomic E-state index is 5.64. The van der Waals surface area contributed by atoms with Crippen LogP contribution in [0.25, 0.3) is 0 Å². The van der Waals surface area contributed by atoms with E-state index in [-0.39, 0.29) is 9.52 Å². The summed E-state index contributed by atoms with van der Waals surface area (Å²) >= 11 is 0. The Kier molecular flexibility index (Phi) is 9.39. The number of hydrogen-bond donors (Lipinski definition) is 0. The Hall–Kier alpha value is -1.42. The van der Waals surface area contributed by atoms with Crippen LogP contribution >= 0.6 is 0 Å². The molecule has 0 heterocycles. The summed E-state index contributed by atoms with van der Waals surface area (Å²) in [4.78, 5) is 0. The predicted octanol–water partition coefficient (Wildman–Crippen LogP) is 3.44. The minimum Gasteiger partial charge on any atom is -0.379 e. The van der Waals surface area contributed by atoms with Crippen LogP contribution in [0.2, 0.25) is 6.04 Å². The average Bonchev–Trinajstić information content (AvgIpc) is 2.61. The van der Waals surface area contributed by atoms with Crippen LogP contribution in [0.1, 0.15) is 17.5 Å². The van der Waals surface area contributed by atoms with Crippen molar-refractivity contribution < 1.29 is 9.47 Å². The van der Waals surface area contributed by atoms with Gasteiger partial charge < -0.3 is 9.47 Å². The van der Waals surface area contributed by atoms with Crippen molar-refractivity contribution in [3.63, 3.8) is 0 Å². The average molecular weight is 329 g/mol. The van der Waals surface area contributed by atoms with E-state index in [4.69, 9.17) is 9.47 Å². The van der Waals surface area contributed by atoms with Crippen LogP contribution in [0.15, 0.2) is 60.7 Å². The third-order valence-corrected chi connectivity index (χ3v) is 5.78. The summed E-state index contributed by atoms with van der Waals surface area (Å²) in [6, 6.07) is 23.9. The maximum absolute atomic E-state index is 5.64. The topological polar surface area (TPSA) is 18.5 Å². The maximum Gasteiger partial charge on any atom is 0.0700 e. The van der Waals surface area contributed by atoms with Crippen molar-refractivity contribution in [2.45, 2.75) is 24.9 Å². The molecule has 0 saturated carbocycles. The summed E-state index contributed by atoms with van der Waals surface area (Å²) < 4.78 is 11.2. The van der Waals surface area contributed by atoms with Crippen LogP contribution in [-0.2, 0) is 21.9 Å².